The fourth-order valence-corrected chi connectivity index (χ4v) is 2.15. The van der Waals surface area contributed by atoms with E-state index in [0.717, 1.165) is 5.56 Å². The molecule has 0 aromatic heterocycles. The molecule has 1 atom stereocenters. The average molecular weight is 233 g/mol. The maximum absolute atomic E-state index is 12.0. The van der Waals surface area contributed by atoms with Crippen LogP contribution in [-0.4, -0.2) is 37.8 Å². The summed E-state index contributed by atoms with van der Waals surface area (Å²) in [6.45, 7) is 0. The molecular weight excluding hydrogens is 218 g/mol. The Bertz CT molecular complexity index is 480. The third kappa shape index (κ3) is 1.90. The quantitative estimate of drug-likeness (QED) is 0.776. The van der Waals surface area contributed by atoms with E-state index in [9.17, 15) is 9.59 Å². The molecule has 4 nitrogen and oxygen atoms in total. The average Bonchev–Trinajstić information content (AvgIpc) is 2.65. The maximum atomic E-state index is 12.0. The number of likely N-dealkylation sites (N-methyl/N-ethyl adjacent to an activating group) is 1. The standard InChI is InChI=1S/C13H15NO3/c1-14(2)13(16)11-7-12(15)10-6-8(17-3)4-5-9(10)11/h4-6,11H,7H2,1-3H3. The van der Waals surface area contributed by atoms with Gasteiger partial charge in [-0.15, -0.1) is 0 Å². The highest BCUT2D eigenvalue weighted by Gasteiger charge is 2.35. The van der Waals surface area contributed by atoms with E-state index in [1.807, 2.05) is 6.07 Å². The van der Waals surface area contributed by atoms with Crippen LogP contribution in [0.15, 0.2) is 18.2 Å². The van der Waals surface area contributed by atoms with Gasteiger partial charge in [-0.1, -0.05) is 6.07 Å². The third-order valence-electron chi connectivity index (χ3n) is 3.06. The van der Waals surface area contributed by atoms with Gasteiger partial charge in [0.2, 0.25) is 5.91 Å². The maximum Gasteiger partial charge on any atom is 0.230 e. The summed E-state index contributed by atoms with van der Waals surface area (Å²) in [5.74, 6) is 0.301. The minimum absolute atomic E-state index is 0.0131. The molecule has 2 rings (SSSR count). The third-order valence-corrected chi connectivity index (χ3v) is 3.06. The number of amides is 1. The number of nitrogens with zero attached hydrogens (tertiary/aromatic N) is 1. The molecule has 0 heterocycles. The molecule has 4 heteroatoms. The van der Waals surface area contributed by atoms with Crippen LogP contribution in [0.5, 0.6) is 5.75 Å². The zero-order valence-electron chi connectivity index (χ0n) is 10.2. The van der Waals surface area contributed by atoms with E-state index >= 15 is 0 Å². The summed E-state index contributed by atoms with van der Waals surface area (Å²) in [5.41, 5.74) is 1.43. The fraction of sp³-hybridized carbons (Fsp3) is 0.385. The summed E-state index contributed by atoms with van der Waals surface area (Å²) in [4.78, 5) is 25.3. The lowest BCUT2D eigenvalue weighted by Gasteiger charge is -2.16. The number of fused-ring (bicyclic) bond motifs is 1. The van der Waals surface area contributed by atoms with Crippen LogP contribution in [0.25, 0.3) is 0 Å². The van der Waals surface area contributed by atoms with E-state index in [-0.39, 0.29) is 24.0 Å². The summed E-state index contributed by atoms with van der Waals surface area (Å²) in [6.07, 6.45) is 0.263. The Morgan fingerprint density at radius 2 is 2.12 bits per heavy atom. The van der Waals surface area contributed by atoms with Crippen LogP contribution in [0.4, 0.5) is 0 Å². The van der Waals surface area contributed by atoms with Crippen molar-refractivity contribution in [3.63, 3.8) is 0 Å². The van der Waals surface area contributed by atoms with Gasteiger partial charge in [0.15, 0.2) is 5.78 Å². The zero-order valence-corrected chi connectivity index (χ0v) is 10.2. The highest BCUT2D eigenvalue weighted by atomic mass is 16.5. The van der Waals surface area contributed by atoms with Crippen LogP contribution in [-0.2, 0) is 4.79 Å². The minimum Gasteiger partial charge on any atom is -0.497 e. The van der Waals surface area contributed by atoms with Gasteiger partial charge in [-0.3, -0.25) is 9.59 Å². The van der Waals surface area contributed by atoms with E-state index in [0.29, 0.717) is 11.3 Å². The van der Waals surface area contributed by atoms with Gasteiger partial charge >= 0.3 is 0 Å². The molecular formula is C13H15NO3. The van der Waals surface area contributed by atoms with E-state index in [2.05, 4.69) is 0 Å². The Morgan fingerprint density at radius 3 is 2.71 bits per heavy atom. The fourth-order valence-electron chi connectivity index (χ4n) is 2.15. The molecule has 0 bridgehead atoms. The highest BCUT2D eigenvalue weighted by molar-refractivity contribution is 6.06. The van der Waals surface area contributed by atoms with E-state index < -0.39 is 0 Å². The predicted octanol–water partition coefficient (Wildman–Crippen LogP) is 1.45. The van der Waals surface area contributed by atoms with Crippen molar-refractivity contribution >= 4 is 11.7 Å². The lowest BCUT2D eigenvalue weighted by Crippen LogP contribution is -2.27. The largest absolute Gasteiger partial charge is 0.497 e. The van der Waals surface area contributed by atoms with Gasteiger partial charge in [0.1, 0.15) is 5.75 Å². The molecule has 1 amide bonds. The van der Waals surface area contributed by atoms with E-state index in [1.165, 1.54) is 4.90 Å². The molecule has 1 aromatic rings. The van der Waals surface area contributed by atoms with Crippen LogP contribution in [0.1, 0.15) is 28.3 Å². The second-order valence-electron chi connectivity index (χ2n) is 4.37. The lowest BCUT2D eigenvalue weighted by atomic mass is 10.00. The second-order valence-corrected chi connectivity index (χ2v) is 4.37. The van der Waals surface area contributed by atoms with Gasteiger partial charge < -0.3 is 9.64 Å². The monoisotopic (exact) mass is 233 g/mol. The molecule has 17 heavy (non-hydrogen) atoms. The molecule has 1 aromatic carbocycles. The molecule has 1 aliphatic rings. The Balaban J connectivity index is 2.41. The number of ether oxygens (including phenoxy) is 1. The van der Waals surface area contributed by atoms with Crippen molar-refractivity contribution in [2.24, 2.45) is 0 Å². The number of benzene rings is 1. The molecule has 0 spiro atoms. The van der Waals surface area contributed by atoms with Gasteiger partial charge in [0, 0.05) is 26.1 Å². The first kappa shape index (κ1) is 11.6. The Kier molecular flexibility index (Phi) is 2.88. The van der Waals surface area contributed by atoms with Crippen molar-refractivity contribution in [1.82, 2.24) is 4.90 Å². The number of Topliss-reactive ketones (excluding diaryl/α,β-unsaturated/α-hetero) is 1. The van der Waals surface area contributed by atoms with Crippen molar-refractivity contribution < 1.29 is 14.3 Å². The predicted molar refractivity (Wildman–Crippen MR) is 63.4 cm³/mol. The first-order chi connectivity index (χ1) is 8.04. The zero-order chi connectivity index (χ0) is 12.6. The number of methoxy groups -OCH3 is 1. The molecule has 0 saturated heterocycles. The Labute approximate surface area is 100 Å². The molecule has 1 aliphatic carbocycles. The first-order valence-corrected chi connectivity index (χ1v) is 5.47. The molecule has 0 N–H and O–H groups in total. The lowest BCUT2D eigenvalue weighted by molar-refractivity contribution is -0.130. The van der Waals surface area contributed by atoms with Crippen molar-refractivity contribution in [3.05, 3.63) is 29.3 Å². The Morgan fingerprint density at radius 1 is 1.41 bits per heavy atom. The van der Waals surface area contributed by atoms with Crippen LogP contribution < -0.4 is 4.74 Å². The van der Waals surface area contributed by atoms with Crippen molar-refractivity contribution in [2.75, 3.05) is 21.2 Å². The summed E-state index contributed by atoms with van der Waals surface area (Å²) in [5, 5.41) is 0. The number of rotatable bonds is 2. The first-order valence-electron chi connectivity index (χ1n) is 5.47. The molecule has 0 aliphatic heterocycles. The number of carbonyl (C=O) groups excluding carboxylic acids is 2. The summed E-state index contributed by atoms with van der Waals surface area (Å²) < 4.78 is 5.08. The number of carbonyl (C=O) groups is 2. The smallest absolute Gasteiger partial charge is 0.230 e. The van der Waals surface area contributed by atoms with E-state index in [4.69, 9.17) is 4.74 Å². The van der Waals surface area contributed by atoms with Gasteiger partial charge in [0.05, 0.1) is 13.0 Å². The molecule has 0 radical (unpaired) electrons. The van der Waals surface area contributed by atoms with Crippen LogP contribution in [0.3, 0.4) is 0 Å². The molecule has 90 valence electrons. The molecule has 0 saturated carbocycles. The van der Waals surface area contributed by atoms with Gasteiger partial charge in [-0.05, 0) is 17.7 Å². The van der Waals surface area contributed by atoms with Crippen molar-refractivity contribution in [1.29, 1.82) is 0 Å². The van der Waals surface area contributed by atoms with E-state index in [1.54, 1.807) is 33.3 Å². The van der Waals surface area contributed by atoms with Crippen molar-refractivity contribution in [2.45, 2.75) is 12.3 Å². The number of ketones is 1. The number of hydrogen-bond acceptors (Lipinski definition) is 3. The summed E-state index contributed by atoms with van der Waals surface area (Å²) in [6, 6.07) is 5.30. The van der Waals surface area contributed by atoms with Crippen molar-refractivity contribution in [3.8, 4) is 5.75 Å². The molecule has 1 unspecified atom stereocenters. The van der Waals surface area contributed by atoms with Crippen LogP contribution >= 0.6 is 0 Å². The van der Waals surface area contributed by atoms with Crippen LogP contribution in [0.2, 0.25) is 0 Å². The van der Waals surface area contributed by atoms with Gasteiger partial charge in [-0.2, -0.15) is 0 Å². The normalized spacial score (nSPS) is 17.8. The van der Waals surface area contributed by atoms with Gasteiger partial charge in [0.25, 0.3) is 0 Å². The summed E-state index contributed by atoms with van der Waals surface area (Å²) in [7, 11) is 4.96. The number of hydrogen-bond donors (Lipinski definition) is 0. The van der Waals surface area contributed by atoms with Crippen LogP contribution in [0, 0.1) is 0 Å². The second kappa shape index (κ2) is 4.20. The summed E-state index contributed by atoms with van der Waals surface area (Å²) >= 11 is 0. The highest BCUT2D eigenvalue weighted by Crippen LogP contribution is 2.36. The Hall–Kier alpha value is -1.84. The SMILES string of the molecule is COc1ccc2c(c1)C(=O)CC2C(=O)N(C)C. The van der Waals surface area contributed by atoms with Gasteiger partial charge in [-0.25, -0.2) is 0 Å². The molecule has 0 fully saturated rings. The topological polar surface area (TPSA) is 46.6 Å². The minimum atomic E-state index is -0.335.